The molecule has 0 atom stereocenters. The summed E-state index contributed by atoms with van der Waals surface area (Å²) < 4.78 is 0. The van der Waals surface area contributed by atoms with E-state index in [1.165, 1.54) is 12.4 Å². The number of nitrogens with one attached hydrogen (secondary N) is 1. The van der Waals surface area contributed by atoms with E-state index < -0.39 is 5.97 Å². The topological polar surface area (TPSA) is 88.0 Å². The molecule has 0 amide bonds. The van der Waals surface area contributed by atoms with Crippen LogP contribution >= 0.6 is 0 Å². The van der Waals surface area contributed by atoms with Crippen LogP contribution in [0.5, 0.6) is 0 Å². The first-order chi connectivity index (χ1) is 8.16. The normalized spacial score (nSPS) is 9.94. The van der Waals surface area contributed by atoms with Crippen LogP contribution in [0.25, 0.3) is 0 Å². The minimum atomic E-state index is -0.982. The number of pyridine rings is 1. The lowest BCUT2D eigenvalue weighted by atomic mass is 10.2. The Morgan fingerprint density at radius 3 is 2.59 bits per heavy atom. The number of aromatic nitrogens is 3. The summed E-state index contributed by atoms with van der Waals surface area (Å²) in [6, 6.07) is 3.11. The number of carboxylic acid groups (broad SMARTS) is 1. The summed E-state index contributed by atoms with van der Waals surface area (Å²) >= 11 is 0. The third kappa shape index (κ3) is 2.54. The lowest BCUT2D eigenvalue weighted by Crippen LogP contribution is -2.03. The Bertz CT molecular complexity index is 542. The van der Waals surface area contributed by atoms with E-state index >= 15 is 0 Å². The van der Waals surface area contributed by atoms with Gasteiger partial charge in [0.05, 0.1) is 29.3 Å². The van der Waals surface area contributed by atoms with Gasteiger partial charge in [0.2, 0.25) is 0 Å². The summed E-state index contributed by atoms with van der Waals surface area (Å²) in [5.41, 5.74) is 1.35. The minimum Gasteiger partial charge on any atom is -0.478 e. The van der Waals surface area contributed by atoms with Crippen molar-refractivity contribution in [3.8, 4) is 0 Å². The van der Waals surface area contributed by atoms with Gasteiger partial charge in [0, 0.05) is 0 Å². The molecule has 2 rings (SSSR count). The number of hydrogen-bond donors (Lipinski definition) is 2. The Morgan fingerprint density at radius 2 is 2.00 bits per heavy atom. The molecule has 0 unspecified atom stereocenters. The summed E-state index contributed by atoms with van der Waals surface area (Å²) in [7, 11) is 0. The monoisotopic (exact) mass is 230 g/mol. The third-order valence-electron chi connectivity index (χ3n) is 2.15. The van der Waals surface area contributed by atoms with E-state index in [4.69, 9.17) is 5.11 Å². The number of aromatic carboxylic acids is 1. The molecule has 0 saturated carbocycles. The molecule has 0 aliphatic rings. The number of hydrogen-bond acceptors (Lipinski definition) is 5. The van der Waals surface area contributed by atoms with Gasteiger partial charge < -0.3 is 10.4 Å². The molecule has 6 heteroatoms. The first kappa shape index (κ1) is 11.0. The second kappa shape index (κ2) is 4.56. The Kier molecular flexibility index (Phi) is 2.95. The summed E-state index contributed by atoms with van der Waals surface area (Å²) in [5.74, 6) is -0.424. The van der Waals surface area contributed by atoms with Crippen LogP contribution in [-0.4, -0.2) is 26.0 Å². The van der Waals surface area contributed by atoms with Crippen LogP contribution in [0.4, 0.5) is 11.5 Å². The fourth-order valence-corrected chi connectivity index (χ4v) is 1.37. The predicted octanol–water partition coefficient (Wildman–Crippen LogP) is 1.62. The molecule has 2 N–H and O–H groups in total. The first-order valence-corrected chi connectivity index (χ1v) is 4.90. The molecule has 2 aromatic rings. The zero-order valence-corrected chi connectivity index (χ0v) is 9.08. The van der Waals surface area contributed by atoms with E-state index in [1.54, 1.807) is 25.4 Å². The van der Waals surface area contributed by atoms with Gasteiger partial charge in [0.15, 0.2) is 0 Å². The Morgan fingerprint density at radius 1 is 1.29 bits per heavy atom. The molecule has 6 nitrogen and oxygen atoms in total. The molecule has 0 radical (unpaired) electrons. The van der Waals surface area contributed by atoms with Crippen molar-refractivity contribution in [2.45, 2.75) is 6.92 Å². The smallest absolute Gasteiger partial charge is 0.337 e. The molecular formula is C11H10N4O2. The van der Waals surface area contributed by atoms with E-state index in [9.17, 15) is 4.79 Å². The maximum atomic E-state index is 10.8. The van der Waals surface area contributed by atoms with E-state index in [-0.39, 0.29) is 5.56 Å². The molecule has 0 aliphatic heterocycles. The van der Waals surface area contributed by atoms with Crippen LogP contribution < -0.4 is 5.32 Å². The number of nitrogens with zero attached hydrogens (tertiary/aromatic N) is 3. The average molecular weight is 230 g/mol. The maximum Gasteiger partial charge on any atom is 0.337 e. The van der Waals surface area contributed by atoms with Crippen molar-refractivity contribution in [1.29, 1.82) is 0 Å². The lowest BCUT2D eigenvalue weighted by Gasteiger charge is -2.06. The largest absolute Gasteiger partial charge is 0.478 e. The van der Waals surface area contributed by atoms with Gasteiger partial charge in [-0.3, -0.25) is 0 Å². The van der Waals surface area contributed by atoms with Crippen LogP contribution in [0.1, 0.15) is 16.1 Å². The molecule has 2 heterocycles. The van der Waals surface area contributed by atoms with Crippen LogP contribution in [0.2, 0.25) is 0 Å². The second-order valence-electron chi connectivity index (χ2n) is 3.39. The molecule has 0 aromatic carbocycles. The minimum absolute atomic E-state index is 0.194. The number of carboxylic acids is 1. The van der Waals surface area contributed by atoms with E-state index in [1.807, 2.05) is 0 Å². The second-order valence-corrected chi connectivity index (χ2v) is 3.39. The zero-order chi connectivity index (χ0) is 12.3. The van der Waals surface area contributed by atoms with Crippen LogP contribution in [0.3, 0.4) is 0 Å². The van der Waals surface area contributed by atoms with Gasteiger partial charge in [0.25, 0.3) is 0 Å². The van der Waals surface area contributed by atoms with E-state index in [0.29, 0.717) is 17.2 Å². The quantitative estimate of drug-likeness (QED) is 0.833. The molecule has 86 valence electrons. The van der Waals surface area contributed by atoms with Crippen molar-refractivity contribution in [1.82, 2.24) is 15.0 Å². The highest BCUT2D eigenvalue weighted by atomic mass is 16.4. The Hall–Kier alpha value is -2.50. The Balaban J connectivity index is 2.24. The number of anilines is 2. The Labute approximate surface area is 97.4 Å². The van der Waals surface area contributed by atoms with Gasteiger partial charge in [-0.2, -0.15) is 0 Å². The SMILES string of the molecule is Cc1nc(Nc2cncnc2)ccc1C(=O)O. The summed E-state index contributed by atoms with van der Waals surface area (Å²) in [5, 5.41) is 11.8. The maximum absolute atomic E-state index is 10.8. The molecule has 0 fully saturated rings. The molecule has 0 saturated heterocycles. The van der Waals surface area contributed by atoms with Gasteiger partial charge in [-0.15, -0.1) is 0 Å². The fraction of sp³-hybridized carbons (Fsp3) is 0.0909. The molecule has 17 heavy (non-hydrogen) atoms. The van der Waals surface area contributed by atoms with Gasteiger partial charge >= 0.3 is 5.97 Å². The highest BCUT2D eigenvalue weighted by molar-refractivity contribution is 5.89. The number of carbonyl (C=O) groups is 1. The van der Waals surface area contributed by atoms with Crippen LogP contribution in [-0.2, 0) is 0 Å². The molecule has 2 aromatic heterocycles. The van der Waals surface area contributed by atoms with Crippen molar-refractivity contribution < 1.29 is 9.90 Å². The van der Waals surface area contributed by atoms with Gasteiger partial charge in [-0.05, 0) is 19.1 Å². The fourth-order valence-electron chi connectivity index (χ4n) is 1.37. The van der Waals surface area contributed by atoms with E-state index in [2.05, 4.69) is 20.3 Å². The van der Waals surface area contributed by atoms with Gasteiger partial charge in [0.1, 0.15) is 12.1 Å². The molecular weight excluding hydrogens is 220 g/mol. The van der Waals surface area contributed by atoms with Crippen molar-refractivity contribution in [3.63, 3.8) is 0 Å². The number of aryl methyl sites for hydroxylation is 1. The molecule has 0 aliphatic carbocycles. The van der Waals surface area contributed by atoms with Crippen molar-refractivity contribution in [2.24, 2.45) is 0 Å². The lowest BCUT2D eigenvalue weighted by molar-refractivity contribution is 0.0695. The highest BCUT2D eigenvalue weighted by Gasteiger charge is 2.08. The van der Waals surface area contributed by atoms with Gasteiger partial charge in [-0.1, -0.05) is 0 Å². The van der Waals surface area contributed by atoms with Crippen molar-refractivity contribution in [3.05, 3.63) is 42.1 Å². The predicted molar refractivity (Wildman–Crippen MR) is 61.2 cm³/mol. The zero-order valence-electron chi connectivity index (χ0n) is 9.08. The summed E-state index contributed by atoms with van der Waals surface area (Å²) in [6.07, 6.45) is 4.64. The average Bonchev–Trinajstić information content (AvgIpc) is 2.30. The summed E-state index contributed by atoms with van der Waals surface area (Å²) in [4.78, 5) is 22.7. The van der Waals surface area contributed by atoms with Crippen molar-refractivity contribution >= 4 is 17.5 Å². The third-order valence-corrected chi connectivity index (χ3v) is 2.15. The highest BCUT2D eigenvalue weighted by Crippen LogP contribution is 2.14. The number of rotatable bonds is 3. The van der Waals surface area contributed by atoms with Crippen LogP contribution in [0, 0.1) is 6.92 Å². The standard InChI is InChI=1S/C11H10N4O2/c1-7-9(11(16)17)2-3-10(14-7)15-8-4-12-6-13-5-8/h2-6H,1H3,(H,14,15)(H,16,17). The van der Waals surface area contributed by atoms with Crippen LogP contribution in [0.15, 0.2) is 30.9 Å². The van der Waals surface area contributed by atoms with E-state index in [0.717, 1.165) is 0 Å². The first-order valence-electron chi connectivity index (χ1n) is 4.90. The molecule has 0 bridgehead atoms. The van der Waals surface area contributed by atoms with Crippen molar-refractivity contribution in [2.75, 3.05) is 5.32 Å². The molecule has 0 spiro atoms. The summed E-state index contributed by atoms with van der Waals surface area (Å²) in [6.45, 7) is 1.65. The van der Waals surface area contributed by atoms with Gasteiger partial charge in [-0.25, -0.2) is 19.7 Å².